The van der Waals surface area contributed by atoms with Gasteiger partial charge in [0.15, 0.2) is 0 Å². The third-order valence-corrected chi connectivity index (χ3v) is 3.92. The van der Waals surface area contributed by atoms with E-state index >= 15 is 0 Å². The number of pyridine rings is 1. The monoisotopic (exact) mass is 261 g/mol. The fraction of sp³-hybridized carbons (Fsp3) is 0.429. The summed E-state index contributed by atoms with van der Waals surface area (Å²) in [5, 5.41) is 4.44. The maximum atomic E-state index is 4.62. The number of thiazole rings is 1. The van der Waals surface area contributed by atoms with E-state index < -0.39 is 0 Å². The number of hydrogen-bond donors (Lipinski definition) is 1. The van der Waals surface area contributed by atoms with Gasteiger partial charge in [0.2, 0.25) is 0 Å². The zero-order valence-corrected chi connectivity index (χ0v) is 12.0. The van der Waals surface area contributed by atoms with E-state index in [1.807, 2.05) is 12.3 Å². The van der Waals surface area contributed by atoms with Gasteiger partial charge >= 0.3 is 0 Å². The van der Waals surface area contributed by atoms with Crippen LogP contribution in [0.3, 0.4) is 0 Å². The number of hydrogen-bond acceptors (Lipinski definition) is 4. The van der Waals surface area contributed by atoms with Crippen LogP contribution in [0.2, 0.25) is 0 Å². The average molecular weight is 261 g/mol. The molecule has 96 valence electrons. The lowest BCUT2D eigenvalue weighted by Crippen LogP contribution is -2.13. The molecule has 0 aliphatic rings. The molecule has 0 radical (unpaired) electrons. The lowest BCUT2D eigenvalue weighted by Gasteiger charge is -1.99. The van der Waals surface area contributed by atoms with Gasteiger partial charge in [-0.05, 0) is 44.5 Å². The van der Waals surface area contributed by atoms with Crippen LogP contribution >= 0.6 is 11.3 Å². The van der Waals surface area contributed by atoms with Crippen LogP contribution in [0.1, 0.15) is 29.5 Å². The van der Waals surface area contributed by atoms with Crippen molar-refractivity contribution < 1.29 is 0 Å². The van der Waals surface area contributed by atoms with Crippen LogP contribution in [0, 0.1) is 13.8 Å². The summed E-state index contributed by atoms with van der Waals surface area (Å²) < 4.78 is 0. The zero-order chi connectivity index (χ0) is 13.0. The molecule has 18 heavy (non-hydrogen) atoms. The van der Waals surface area contributed by atoms with Crippen molar-refractivity contribution in [2.75, 3.05) is 6.54 Å². The number of aryl methyl sites for hydroxylation is 2. The molecule has 0 atom stereocenters. The van der Waals surface area contributed by atoms with Gasteiger partial charge in [-0.15, -0.1) is 11.3 Å². The molecule has 0 saturated heterocycles. The molecular weight excluding hydrogens is 242 g/mol. The predicted octanol–water partition coefficient (Wildman–Crippen LogP) is 3.32. The van der Waals surface area contributed by atoms with E-state index in [2.05, 4.69) is 42.1 Å². The maximum absolute atomic E-state index is 4.62. The van der Waals surface area contributed by atoms with Crippen molar-refractivity contribution in [3.05, 3.63) is 34.5 Å². The van der Waals surface area contributed by atoms with Crippen LogP contribution < -0.4 is 5.32 Å². The normalized spacial score (nSPS) is 10.8. The van der Waals surface area contributed by atoms with Crippen molar-refractivity contribution >= 4 is 11.3 Å². The fourth-order valence-electron chi connectivity index (χ4n) is 1.73. The summed E-state index contributed by atoms with van der Waals surface area (Å²) >= 11 is 1.74. The highest BCUT2D eigenvalue weighted by Gasteiger charge is 2.09. The van der Waals surface area contributed by atoms with Crippen molar-refractivity contribution in [3.8, 4) is 10.7 Å². The Balaban J connectivity index is 2.18. The van der Waals surface area contributed by atoms with Crippen molar-refractivity contribution in [2.45, 2.75) is 33.7 Å². The predicted molar refractivity (Wildman–Crippen MR) is 76.8 cm³/mol. The fourth-order valence-corrected chi connectivity index (χ4v) is 2.73. The molecule has 4 heteroatoms. The Morgan fingerprint density at radius 2 is 2.17 bits per heavy atom. The maximum Gasteiger partial charge on any atom is 0.142 e. The first-order chi connectivity index (χ1) is 8.70. The third-order valence-electron chi connectivity index (χ3n) is 2.74. The minimum atomic E-state index is 0.906. The SMILES string of the molecule is CCCNCc1sc(-c2cc(C)ccn2)nc1C. The second kappa shape index (κ2) is 6.07. The Hall–Kier alpha value is -1.26. The quantitative estimate of drug-likeness (QED) is 0.839. The van der Waals surface area contributed by atoms with Gasteiger partial charge in [0.25, 0.3) is 0 Å². The summed E-state index contributed by atoms with van der Waals surface area (Å²) in [6, 6.07) is 4.09. The summed E-state index contributed by atoms with van der Waals surface area (Å²) in [5.74, 6) is 0. The molecule has 0 bridgehead atoms. The molecule has 2 aromatic rings. The molecule has 2 aromatic heterocycles. The summed E-state index contributed by atoms with van der Waals surface area (Å²) in [7, 11) is 0. The van der Waals surface area contributed by atoms with Crippen LogP contribution in [0.4, 0.5) is 0 Å². The Labute approximate surface area is 112 Å². The minimum Gasteiger partial charge on any atom is -0.312 e. The summed E-state index contributed by atoms with van der Waals surface area (Å²) in [5.41, 5.74) is 3.31. The van der Waals surface area contributed by atoms with Crippen LogP contribution in [0.25, 0.3) is 10.7 Å². The number of aromatic nitrogens is 2. The molecular formula is C14H19N3S. The van der Waals surface area contributed by atoms with Gasteiger partial charge in [-0.3, -0.25) is 4.98 Å². The van der Waals surface area contributed by atoms with Gasteiger partial charge in [-0.2, -0.15) is 0 Å². The lowest BCUT2D eigenvalue weighted by molar-refractivity contribution is 0.678. The first kappa shape index (κ1) is 13.2. The standard InChI is InChI=1S/C14H19N3S/c1-4-6-15-9-13-11(3)17-14(18-13)12-8-10(2)5-7-16-12/h5,7-8,15H,4,6,9H2,1-3H3. The molecule has 3 nitrogen and oxygen atoms in total. The number of rotatable bonds is 5. The van der Waals surface area contributed by atoms with E-state index in [9.17, 15) is 0 Å². The Bertz CT molecular complexity index is 520. The zero-order valence-electron chi connectivity index (χ0n) is 11.2. The van der Waals surface area contributed by atoms with Gasteiger partial charge < -0.3 is 5.32 Å². The molecule has 0 saturated carbocycles. The molecule has 2 heterocycles. The van der Waals surface area contributed by atoms with Gasteiger partial charge in [0.05, 0.1) is 11.4 Å². The molecule has 2 rings (SSSR count). The van der Waals surface area contributed by atoms with Gasteiger partial charge in [0.1, 0.15) is 5.01 Å². The molecule has 0 aliphatic carbocycles. The van der Waals surface area contributed by atoms with Crippen molar-refractivity contribution in [2.24, 2.45) is 0 Å². The highest BCUT2D eigenvalue weighted by molar-refractivity contribution is 7.15. The van der Waals surface area contributed by atoms with Crippen LogP contribution in [0.15, 0.2) is 18.3 Å². The Morgan fingerprint density at radius 1 is 1.33 bits per heavy atom. The van der Waals surface area contributed by atoms with Crippen LogP contribution in [-0.4, -0.2) is 16.5 Å². The van der Waals surface area contributed by atoms with E-state index in [4.69, 9.17) is 0 Å². The van der Waals surface area contributed by atoms with Gasteiger partial charge in [-0.1, -0.05) is 6.92 Å². The number of nitrogens with one attached hydrogen (secondary N) is 1. The first-order valence-electron chi connectivity index (χ1n) is 6.30. The largest absolute Gasteiger partial charge is 0.312 e. The van der Waals surface area contributed by atoms with Crippen molar-refractivity contribution in [1.82, 2.24) is 15.3 Å². The lowest BCUT2D eigenvalue weighted by atomic mass is 10.2. The summed E-state index contributed by atoms with van der Waals surface area (Å²) in [6.07, 6.45) is 3.00. The topological polar surface area (TPSA) is 37.8 Å². The molecule has 0 fully saturated rings. The molecule has 0 spiro atoms. The van der Waals surface area contributed by atoms with Crippen LogP contribution in [-0.2, 0) is 6.54 Å². The van der Waals surface area contributed by atoms with Gasteiger partial charge in [-0.25, -0.2) is 4.98 Å². The van der Waals surface area contributed by atoms with E-state index in [0.29, 0.717) is 0 Å². The van der Waals surface area contributed by atoms with E-state index in [1.54, 1.807) is 11.3 Å². The number of nitrogens with zero attached hydrogens (tertiary/aromatic N) is 2. The van der Waals surface area contributed by atoms with Gasteiger partial charge in [0, 0.05) is 17.6 Å². The molecule has 0 amide bonds. The molecule has 0 unspecified atom stereocenters. The highest BCUT2D eigenvalue weighted by Crippen LogP contribution is 2.26. The highest BCUT2D eigenvalue weighted by atomic mass is 32.1. The first-order valence-corrected chi connectivity index (χ1v) is 7.12. The second-order valence-corrected chi connectivity index (χ2v) is 5.51. The Kier molecular flexibility index (Phi) is 4.44. The van der Waals surface area contributed by atoms with Crippen molar-refractivity contribution in [1.29, 1.82) is 0 Å². The average Bonchev–Trinajstić information content (AvgIpc) is 2.72. The molecule has 1 N–H and O–H groups in total. The van der Waals surface area contributed by atoms with E-state index in [-0.39, 0.29) is 0 Å². The van der Waals surface area contributed by atoms with E-state index in [1.165, 1.54) is 10.4 Å². The van der Waals surface area contributed by atoms with E-state index in [0.717, 1.165) is 35.9 Å². The smallest absolute Gasteiger partial charge is 0.142 e. The summed E-state index contributed by atoms with van der Waals surface area (Å²) in [6.45, 7) is 8.28. The van der Waals surface area contributed by atoms with Crippen molar-refractivity contribution in [3.63, 3.8) is 0 Å². The van der Waals surface area contributed by atoms with Crippen LogP contribution in [0.5, 0.6) is 0 Å². The molecule has 0 aromatic carbocycles. The minimum absolute atomic E-state index is 0.906. The Morgan fingerprint density at radius 3 is 2.89 bits per heavy atom. The third kappa shape index (κ3) is 3.15. The molecule has 0 aliphatic heterocycles. The summed E-state index contributed by atoms with van der Waals surface area (Å²) in [4.78, 5) is 10.3. The second-order valence-electron chi connectivity index (χ2n) is 4.42.